The van der Waals surface area contributed by atoms with Crippen molar-refractivity contribution in [2.24, 2.45) is 0 Å². The largest absolute Gasteiger partial charge is 0.314 e. The lowest BCUT2D eigenvalue weighted by Crippen LogP contribution is -2.46. The zero-order valence-corrected chi connectivity index (χ0v) is 12.1. The van der Waals surface area contributed by atoms with E-state index in [-0.39, 0.29) is 0 Å². The van der Waals surface area contributed by atoms with Gasteiger partial charge in [-0.15, -0.1) is 11.3 Å². The van der Waals surface area contributed by atoms with E-state index in [9.17, 15) is 0 Å². The SMILES string of the molecule is CSC1CNCC1N1CCc2sccc2C1C. The van der Waals surface area contributed by atoms with Crippen LogP contribution in [0.2, 0.25) is 0 Å². The number of rotatable bonds is 2. The summed E-state index contributed by atoms with van der Waals surface area (Å²) in [6, 6.07) is 3.64. The Labute approximate surface area is 112 Å². The first-order valence-electron chi connectivity index (χ1n) is 6.36. The average Bonchev–Trinajstić information content (AvgIpc) is 2.97. The van der Waals surface area contributed by atoms with E-state index in [1.54, 1.807) is 10.4 Å². The van der Waals surface area contributed by atoms with Crippen LogP contribution < -0.4 is 5.32 Å². The Morgan fingerprint density at radius 3 is 3.18 bits per heavy atom. The highest BCUT2D eigenvalue weighted by atomic mass is 32.2. The quantitative estimate of drug-likeness (QED) is 0.886. The normalized spacial score (nSPS) is 33.9. The third-order valence-corrected chi connectivity index (χ3v) is 6.26. The standard InChI is InChI=1S/C13H20N2S2/c1-9-10-4-6-17-12(10)3-5-15(9)11-7-14-8-13(11)16-2/h4,6,9,11,13-14H,3,5,7-8H2,1-2H3. The van der Waals surface area contributed by atoms with Crippen LogP contribution in [-0.4, -0.2) is 42.1 Å². The molecule has 1 aromatic heterocycles. The Bertz CT molecular complexity index is 391. The summed E-state index contributed by atoms with van der Waals surface area (Å²) in [5.41, 5.74) is 1.58. The van der Waals surface area contributed by atoms with Gasteiger partial charge in [-0.05, 0) is 36.6 Å². The van der Waals surface area contributed by atoms with Crippen molar-refractivity contribution in [2.75, 3.05) is 25.9 Å². The van der Waals surface area contributed by atoms with Gasteiger partial charge in [-0.25, -0.2) is 0 Å². The minimum atomic E-state index is 0.601. The van der Waals surface area contributed by atoms with Crippen molar-refractivity contribution in [1.29, 1.82) is 0 Å². The van der Waals surface area contributed by atoms with Crippen molar-refractivity contribution in [3.8, 4) is 0 Å². The minimum absolute atomic E-state index is 0.601. The van der Waals surface area contributed by atoms with Crippen LogP contribution in [0.15, 0.2) is 11.4 Å². The van der Waals surface area contributed by atoms with Gasteiger partial charge in [0.25, 0.3) is 0 Å². The fraction of sp³-hybridized carbons (Fsp3) is 0.692. The maximum atomic E-state index is 3.55. The maximum absolute atomic E-state index is 3.55. The molecule has 1 saturated heterocycles. The van der Waals surface area contributed by atoms with Gasteiger partial charge in [0.2, 0.25) is 0 Å². The molecule has 2 aliphatic rings. The highest BCUT2D eigenvalue weighted by Crippen LogP contribution is 2.36. The lowest BCUT2D eigenvalue weighted by molar-refractivity contribution is 0.148. The number of hydrogen-bond donors (Lipinski definition) is 1. The predicted molar refractivity (Wildman–Crippen MR) is 77.1 cm³/mol. The molecule has 0 aromatic carbocycles. The van der Waals surface area contributed by atoms with Crippen LogP contribution in [0.1, 0.15) is 23.4 Å². The summed E-state index contributed by atoms with van der Waals surface area (Å²) in [7, 11) is 0. The van der Waals surface area contributed by atoms with Gasteiger partial charge >= 0.3 is 0 Å². The average molecular weight is 268 g/mol. The number of hydrogen-bond acceptors (Lipinski definition) is 4. The second-order valence-corrected chi connectivity index (χ2v) is 7.04. The molecule has 17 heavy (non-hydrogen) atoms. The molecule has 3 atom stereocenters. The van der Waals surface area contributed by atoms with Crippen LogP contribution in [-0.2, 0) is 6.42 Å². The number of nitrogens with one attached hydrogen (secondary N) is 1. The number of fused-ring (bicyclic) bond motifs is 1. The molecule has 0 aliphatic carbocycles. The van der Waals surface area contributed by atoms with Gasteiger partial charge in [-0.2, -0.15) is 11.8 Å². The van der Waals surface area contributed by atoms with Gasteiger partial charge in [0, 0.05) is 41.8 Å². The number of thioether (sulfide) groups is 1. The van der Waals surface area contributed by atoms with E-state index in [4.69, 9.17) is 0 Å². The third-order valence-electron chi connectivity index (χ3n) is 4.18. The smallest absolute Gasteiger partial charge is 0.0357 e. The molecule has 94 valence electrons. The van der Waals surface area contributed by atoms with Gasteiger partial charge in [-0.1, -0.05) is 0 Å². The summed E-state index contributed by atoms with van der Waals surface area (Å²) in [6.45, 7) is 5.94. The van der Waals surface area contributed by atoms with E-state index in [2.05, 4.69) is 34.8 Å². The predicted octanol–water partition coefficient (Wildman–Crippen LogP) is 2.37. The van der Waals surface area contributed by atoms with Crippen molar-refractivity contribution in [2.45, 2.75) is 30.7 Å². The molecule has 3 rings (SSSR count). The van der Waals surface area contributed by atoms with Crippen LogP contribution in [0.5, 0.6) is 0 Å². The van der Waals surface area contributed by atoms with Crippen molar-refractivity contribution in [3.63, 3.8) is 0 Å². The number of thiophene rings is 1. The van der Waals surface area contributed by atoms with Gasteiger partial charge in [-0.3, -0.25) is 4.90 Å². The van der Waals surface area contributed by atoms with E-state index < -0.39 is 0 Å². The molecule has 0 radical (unpaired) electrons. The minimum Gasteiger partial charge on any atom is -0.314 e. The maximum Gasteiger partial charge on any atom is 0.0357 e. The summed E-state index contributed by atoms with van der Waals surface area (Å²) in [5.74, 6) is 0. The first-order valence-corrected chi connectivity index (χ1v) is 8.53. The second kappa shape index (κ2) is 4.92. The molecule has 0 spiro atoms. The number of nitrogens with zero attached hydrogens (tertiary/aromatic N) is 1. The Morgan fingerprint density at radius 1 is 1.47 bits per heavy atom. The van der Waals surface area contributed by atoms with Crippen LogP contribution in [0.25, 0.3) is 0 Å². The molecule has 3 unspecified atom stereocenters. The molecule has 2 nitrogen and oxygen atoms in total. The zero-order chi connectivity index (χ0) is 11.8. The van der Waals surface area contributed by atoms with Gasteiger partial charge in [0.1, 0.15) is 0 Å². The van der Waals surface area contributed by atoms with Crippen molar-refractivity contribution >= 4 is 23.1 Å². The second-order valence-electron chi connectivity index (χ2n) is 4.96. The van der Waals surface area contributed by atoms with Crippen molar-refractivity contribution < 1.29 is 0 Å². The monoisotopic (exact) mass is 268 g/mol. The summed E-state index contributed by atoms with van der Waals surface area (Å²) in [5, 5.41) is 6.56. The highest BCUT2D eigenvalue weighted by molar-refractivity contribution is 7.99. The molecule has 1 fully saturated rings. The Hall–Kier alpha value is -0.0300. The zero-order valence-electron chi connectivity index (χ0n) is 10.5. The topological polar surface area (TPSA) is 15.3 Å². The van der Waals surface area contributed by atoms with E-state index in [0.717, 1.165) is 11.8 Å². The van der Waals surface area contributed by atoms with E-state index in [1.165, 1.54) is 19.5 Å². The molecule has 0 saturated carbocycles. The van der Waals surface area contributed by atoms with E-state index in [1.807, 2.05) is 23.1 Å². The lowest BCUT2D eigenvalue weighted by atomic mass is 9.99. The van der Waals surface area contributed by atoms with E-state index in [0.29, 0.717) is 12.1 Å². The fourth-order valence-corrected chi connectivity index (χ4v) is 5.01. The lowest BCUT2D eigenvalue weighted by Gasteiger charge is -2.39. The molecule has 4 heteroatoms. The Balaban J connectivity index is 1.81. The molecule has 0 bridgehead atoms. The molecular weight excluding hydrogens is 248 g/mol. The molecular formula is C13H20N2S2. The Kier molecular flexibility index (Phi) is 3.48. The van der Waals surface area contributed by atoms with Crippen molar-refractivity contribution in [1.82, 2.24) is 10.2 Å². The summed E-state index contributed by atoms with van der Waals surface area (Å²) in [4.78, 5) is 4.33. The van der Waals surface area contributed by atoms with Crippen molar-refractivity contribution in [3.05, 3.63) is 21.9 Å². The van der Waals surface area contributed by atoms with Gasteiger partial charge in [0.15, 0.2) is 0 Å². The summed E-state index contributed by atoms with van der Waals surface area (Å²) in [6.07, 6.45) is 3.49. The van der Waals surface area contributed by atoms with Crippen LogP contribution in [0, 0.1) is 0 Å². The molecule has 1 aromatic rings. The van der Waals surface area contributed by atoms with Crippen LogP contribution in [0.4, 0.5) is 0 Å². The van der Waals surface area contributed by atoms with Crippen LogP contribution in [0.3, 0.4) is 0 Å². The van der Waals surface area contributed by atoms with Gasteiger partial charge in [0.05, 0.1) is 0 Å². The third kappa shape index (κ3) is 2.05. The molecule has 2 aliphatic heterocycles. The summed E-state index contributed by atoms with van der Waals surface area (Å²) < 4.78 is 0. The fourth-order valence-electron chi connectivity index (χ4n) is 3.19. The Morgan fingerprint density at radius 2 is 2.35 bits per heavy atom. The molecule has 3 heterocycles. The highest BCUT2D eigenvalue weighted by Gasteiger charge is 2.36. The van der Waals surface area contributed by atoms with Crippen LogP contribution >= 0.6 is 23.1 Å². The first kappa shape index (κ1) is 12.0. The first-order chi connectivity index (χ1) is 8.31. The molecule has 0 amide bonds. The summed E-state index contributed by atoms with van der Waals surface area (Å²) >= 11 is 3.95. The molecule has 1 N–H and O–H groups in total. The van der Waals surface area contributed by atoms with E-state index >= 15 is 0 Å². The van der Waals surface area contributed by atoms with Gasteiger partial charge < -0.3 is 5.32 Å².